The molecule has 1 amide bonds. The molecule has 0 spiro atoms. The van der Waals surface area contributed by atoms with Crippen LogP contribution in [0.15, 0.2) is 42.5 Å². The van der Waals surface area contributed by atoms with Crippen molar-refractivity contribution in [3.05, 3.63) is 70.3 Å². The molecule has 4 rings (SSSR count). The summed E-state index contributed by atoms with van der Waals surface area (Å²) >= 11 is 0. The number of benzene rings is 2. The van der Waals surface area contributed by atoms with Gasteiger partial charge in [-0.05, 0) is 55.0 Å². The summed E-state index contributed by atoms with van der Waals surface area (Å²) in [5.41, 5.74) is 5.89. The Morgan fingerprint density at radius 1 is 1.07 bits per heavy atom. The minimum Gasteiger partial charge on any atom is -0.379 e. The Labute approximate surface area is 161 Å². The minimum atomic E-state index is -0.0237. The lowest BCUT2D eigenvalue weighted by atomic mass is 10.0. The van der Waals surface area contributed by atoms with Gasteiger partial charge in [-0.25, -0.2) is 0 Å². The van der Waals surface area contributed by atoms with Gasteiger partial charge in [-0.2, -0.15) is 0 Å². The molecule has 1 aliphatic heterocycles. The molecule has 4 heteroatoms. The highest BCUT2D eigenvalue weighted by Crippen LogP contribution is 2.23. The smallest absolute Gasteiger partial charge is 0.251 e. The van der Waals surface area contributed by atoms with E-state index in [1.54, 1.807) is 0 Å². The summed E-state index contributed by atoms with van der Waals surface area (Å²) in [5.74, 6) is 0.0172. The molecule has 0 radical (unpaired) electrons. The zero-order valence-electron chi connectivity index (χ0n) is 16.0. The van der Waals surface area contributed by atoms with Crippen molar-refractivity contribution in [1.29, 1.82) is 0 Å². The Hall–Kier alpha value is -2.17. The fourth-order valence-corrected chi connectivity index (χ4v) is 4.03. The number of fused-ring (bicyclic) bond motifs is 1. The van der Waals surface area contributed by atoms with Crippen molar-refractivity contribution in [1.82, 2.24) is 10.2 Å². The van der Waals surface area contributed by atoms with E-state index in [2.05, 4.69) is 53.5 Å². The zero-order chi connectivity index (χ0) is 18.6. The van der Waals surface area contributed by atoms with Crippen LogP contribution in [0, 0.1) is 6.92 Å². The molecule has 27 heavy (non-hydrogen) atoms. The van der Waals surface area contributed by atoms with Gasteiger partial charge >= 0.3 is 0 Å². The van der Waals surface area contributed by atoms with Crippen LogP contribution in [0.2, 0.25) is 0 Å². The van der Waals surface area contributed by atoms with E-state index in [4.69, 9.17) is 4.74 Å². The van der Waals surface area contributed by atoms with Gasteiger partial charge in [-0.1, -0.05) is 35.9 Å². The van der Waals surface area contributed by atoms with E-state index in [0.717, 1.165) is 56.8 Å². The van der Waals surface area contributed by atoms with Crippen LogP contribution in [0.1, 0.15) is 45.1 Å². The summed E-state index contributed by atoms with van der Waals surface area (Å²) in [6.07, 6.45) is 3.43. The van der Waals surface area contributed by atoms with E-state index in [1.165, 1.54) is 23.1 Å². The molecular formula is C23H28N2O2. The van der Waals surface area contributed by atoms with Gasteiger partial charge in [0.25, 0.3) is 5.91 Å². The van der Waals surface area contributed by atoms with Crippen LogP contribution in [0.25, 0.3) is 0 Å². The number of hydrogen-bond donors (Lipinski definition) is 1. The fraction of sp³-hybridized carbons (Fsp3) is 0.435. The third kappa shape index (κ3) is 4.40. The number of hydrogen-bond acceptors (Lipinski definition) is 3. The molecule has 1 fully saturated rings. The van der Waals surface area contributed by atoms with Crippen molar-refractivity contribution < 1.29 is 9.53 Å². The molecule has 1 atom stereocenters. The van der Waals surface area contributed by atoms with Crippen LogP contribution >= 0.6 is 0 Å². The van der Waals surface area contributed by atoms with Crippen LogP contribution in [0.4, 0.5) is 0 Å². The average Bonchev–Trinajstić information content (AvgIpc) is 3.16. The standard InChI is InChI=1S/C23H28N2O2/c1-17-5-7-19(8-6-17)22(16-25-11-13-27-14-12-25)24-23(26)21-10-9-18-3-2-4-20(18)15-21/h5-10,15,22H,2-4,11-14,16H2,1H3,(H,24,26)/t22-/m0/s1. The average molecular weight is 364 g/mol. The van der Waals surface area contributed by atoms with E-state index < -0.39 is 0 Å². The van der Waals surface area contributed by atoms with Crippen molar-refractivity contribution in [3.8, 4) is 0 Å². The summed E-state index contributed by atoms with van der Waals surface area (Å²) < 4.78 is 5.47. The SMILES string of the molecule is Cc1ccc([C@H](CN2CCOCC2)NC(=O)c2ccc3c(c2)CCC3)cc1. The van der Waals surface area contributed by atoms with E-state index in [1.807, 2.05) is 6.07 Å². The summed E-state index contributed by atoms with van der Waals surface area (Å²) in [6, 6.07) is 14.6. The maximum Gasteiger partial charge on any atom is 0.251 e. The first kappa shape index (κ1) is 18.2. The van der Waals surface area contributed by atoms with Crippen LogP contribution in [0.3, 0.4) is 0 Å². The van der Waals surface area contributed by atoms with E-state index >= 15 is 0 Å². The lowest BCUT2D eigenvalue weighted by Gasteiger charge is -2.31. The van der Waals surface area contributed by atoms with Crippen molar-refractivity contribution in [3.63, 3.8) is 0 Å². The van der Waals surface area contributed by atoms with Gasteiger partial charge in [-0.15, -0.1) is 0 Å². The molecule has 2 aromatic rings. The molecule has 0 bridgehead atoms. The van der Waals surface area contributed by atoms with Crippen LogP contribution < -0.4 is 5.32 Å². The highest BCUT2D eigenvalue weighted by molar-refractivity contribution is 5.94. The Morgan fingerprint density at radius 2 is 1.81 bits per heavy atom. The third-order valence-corrected chi connectivity index (χ3v) is 5.69. The number of aryl methyl sites for hydroxylation is 3. The number of carbonyl (C=O) groups is 1. The van der Waals surface area contributed by atoms with Gasteiger partial charge in [0.1, 0.15) is 0 Å². The van der Waals surface area contributed by atoms with Gasteiger partial charge in [0.15, 0.2) is 0 Å². The Bertz CT molecular complexity index is 795. The molecule has 2 aromatic carbocycles. The van der Waals surface area contributed by atoms with Gasteiger partial charge in [0.05, 0.1) is 19.3 Å². The molecule has 0 aromatic heterocycles. The van der Waals surface area contributed by atoms with E-state index in [9.17, 15) is 4.79 Å². The normalized spacial score (nSPS) is 18.1. The number of carbonyl (C=O) groups excluding carboxylic acids is 1. The second-order valence-corrected chi connectivity index (χ2v) is 7.69. The predicted molar refractivity (Wildman–Crippen MR) is 107 cm³/mol. The second kappa shape index (κ2) is 8.24. The lowest BCUT2D eigenvalue weighted by Crippen LogP contribution is -2.43. The van der Waals surface area contributed by atoms with Crippen LogP contribution in [-0.2, 0) is 17.6 Å². The first-order valence-corrected chi connectivity index (χ1v) is 9.98. The number of ether oxygens (including phenoxy) is 1. The molecule has 1 N–H and O–H groups in total. The van der Waals surface area contributed by atoms with Crippen molar-refractivity contribution in [2.45, 2.75) is 32.2 Å². The monoisotopic (exact) mass is 364 g/mol. The second-order valence-electron chi connectivity index (χ2n) is 7.69. The topological polar surface area (TPSA) is 41.6 Å². The predicted octanol–water partition coefficient (Wildman–Crippen LogP) is 3.29. The molecule has 4 nitrogen and oxygen atoms in total. The molecule has 2 aliphatic rings. The Balaban J connectivity index is 1.52. The van der Waals surface area contributed by atoms with Crippen LogP contribution in [-0.4, -0.2) is 43.7 Å². The summed E-state index contributed by atoms with van der Waals surface area (Å²) in [4.78, 5) is 15.4. The molecule has 1 heterocycles. The number of amides is 1. The number of nitrogens with zero attached hydrogens (tertiary/aromatic N) is 1. The molecule has 0 unspecified atom stereocenters. The minimum absolute atomic E-state index is 0.0172. The highest BCUT2D eigenvalue weighted by Gasteiger charge is 2.21. The molecule has 1 aliphatic carbocycles. The van der Waals surface area contributed by atoms with Gasteiger partial charge in [0.2, 0.25) is 0 Å². The summed E-state index contributed by atoms with van der Waals surface area (Å²) in [5, 5.41) is 3.29. The zero-order valence-corrected chi connectivity index (χ0v) is 16.0. The molecule has 1 saturated heterocycles. The summed E-state index contributed by atoms with van der Waals surface area (Å²) in [6.45, 7) is 6.25. The van der Waals surface area contributed by atoms with Gasteiger partial charge in [0, 0.05) is 25.2 Å². The van der Waals surface area contributed by atoms with Gasteiger partial charge in [-0.3, -0.25) is 9.69 Å². The quantitative estimate of drug-likeness (QED) is 0.885. The largest absolute Gasteiger partial charge is 0.379 e. The first-order chi connectivity index (χ1) is 13.2. The third-order valence-electron chi connectivity index (χ3n) is 5.69. The lowest BCUT2D eigenvalue weighted by molar-refractivity contribution is 0.0332. The fourth-order valence-electron chi connectivity index (χ4n) is 4.03. The Morgan fingerprint density at radius 3 is 2.59 bits per heavy atom. The Kier molecular flexibility index (Phi) is 5.55. The first-order valence-electron chi connectivity index (χ1n) is 9.98. The highest BCUT2D eigenvalue weighted by atomic mass is 16.5. The maximum absolute atomic E-state index is 13.0. The maximum atomic E-state index is 13.0. The molecular weight excluding hydrogens is 336 g/mol. The molecule has 142 valence electrons. The van der Waals surface area contributed by atoms with Gasteiger partial charge < -0.3 is 10.1 Å². The van der Waals surface area contributed by atoms with Crippen LogP contribution in [0.5, 0.6) is 0 Å². The molecule has 0 saturated carbocycles. The number of morpholine rings is 1. The van der Waals surface area contributed by atoms with Crippen molar-refractivity contribution in [2.24, 2.45) is 0 Å². The van der Waals surface area contributed by atoms with E-state index in [-0.39, 0.29) is 11.9 Å². The van der Waals surface area contributed by atoms with E-state index in [0.29, 0.717) is 0 Å². The number of rotatable bonds is 5. The summed E-state index contributed by atoms with van der Waals surface area (Å²) in [7, 11) is 0. The van der Waals surface area contributed by atoms with Crippen molar-refractivity contribution in [2.75, 3.05) is 32.8 Å². The number of nitrogens with one attached hydrogen (secondary N) is 1. The van der Waals surface area contributed by atoms with Crippen molar-refractivity contribution >= 4 is 5.91 Å².